The summed E-state index contributed by atoms with van der Waals surface area (Å²) in [5.74, 6) is -1.14. The molecule has 0 aromatic heterocycles. The lowest BCUT2D eigenvalue weighted by atomic mass is 10.0. The molecule has 0 fully saturated rings. The summed E-state index contributed by atoms with van der Waals surface area (Å²) in [6.45, 7) is 0. The van der Waals surface area contributed by atoms with Crippen LogP contribution in [-0.4, -0.2) is 23.4 Å². The van der Waals surface area contributed by atoms with E-state index in [4.69, 9.17) is 0 Å². The summed E-state index contributed by atoms with van der Waals surface area (Å²) in [5, 5.41) is 9.91. The first-order chi connectivity index (χ1) is 10.4. The van der Waals surface area contributed by atoms with Gasteiger partial charge in [-0.05, 0) is 17.7 Å². The summed E-state index contributed by atoms with van der Waals surface area (Å²) >= 11 is 0. The second-order valence-electron chi connectivity index (χ2n) is 4.59. The molecule has 0 saturated carbocycles. The first-order valence-electron chi connectivity index (χ1n) is 6.45. The fourth-order valence-corrected chi connectivity index (χ4v) is 1.89. The van der Waals surface area contributed by atoms with Crippen molar-refractivity contribution in [3.8, 4) is 0 Å². The summed E-state index contributed by atoms with van der Waals surface area (Å²) < 4.78 is 43.8. The first kappa shape index (κ1) is 16.0. The molecular formula is C16H13F3O3. The molecule has 116 valence electrons. The van der Waals surface area contributed by atoms with Crippen molar-refractivity contribution in [2.75, 3.05) is 0 Å². The Hall–Kier alpha value is -2.34. The number of aliphatic hydroxyl groups excluding tert-OH is 1. The van der Waals surface area contributed by atoms with E-state index in [0.717, 1.165) is 0 Å². The monoisotopic (exact) mass is 310 g/mol. The molecule has 2 aromatic rings. The highest BCUT2D eigenvalue weighted by Gasteiger charge is 2.48. The Bertz CT molecular complexity index is 612. The molecule has 0 amide bonds. The molecule has 0 unspecified atom stereocenters. The fraction of sp³-hybridized carbons (Fsp3) is 0.188. The molecule has 0 saturated heterocycles. The molecule has 22 heavy (non-hydrogen) atoms. The molecule has 6 heteroatoms. The number of hydrogen-bond donors (Lipinski definition) is 1. The van der Waals surface area contributed by atoms with E-state index in [2.05, 4.69) is 4.74 Å². The van der Waals surface area contributed by atoms with Gasteiger partial charge < -0.3 is 9.84 Å². The summed E-state index contributed by atoms with van der Waals surface area (Å²) in [6.07, 6.45) is -9.52. The van der Waals surface area contributed by atoms with E-state index in [1.165, 1.54) is 48.5 Å². The van der Waals surface area contributed by atoms with E-state index < -0.39 is 24.4 Å². The number of hydrogen-bond acceptors (Lipinski definition) is 3. The van der Waals surface area contributed by atoms with Gasteiger partial charge in [0.1, 0.15) is 6.10 Å². The second-order valence-corrected chi connectivity index (χ2v) is 4.59. The van der Waals surface area contributed by atoms with Crippen molar-refractivity contribution in [2.45, 2.75) is 18.4 Å². The molecular weight excluding hydrogens is 297 g/mol. The van der Waals surface area contributed by atoms with Gasteiger partial charge in [0.2, 0.25) is 6.10 Å². The average Bonchev–Trinajstić information content (AvgIpc) is 2.52. The highest BCUT2D eigenvalue weighted by Crippen LogP contribution is 2.33. The molecule has 0 radical (unpaired) electrons. The maximum absolute atomic E-state index is 13.1. The van der Waals surface area contributed by atoms with Crippen molar-refractivity contribution in [1.29, 1.82) is 0 Å². The molecule has 2 aromatic carbocycles. The zero-order chi connectivity index (χ0) is 16.2. The van der Waals surface area contributed by atoms with Crippen LogP contribution < -0.4 is 0 Å². The second kappa shape index (κ2) is 6.62. The minimum absolute atomic E-state index is 0.0167. The summed E-state index contributed by atoms with van der Waals surface area (Å²) in [5.41, 5.74) is 0.00250. The largest absolute Gasteiger partial charge is 0.446 e. The number of benzene rings is 2. The summed E-state index contributed by atoms with van der Waals surface area (Å²) in [4.78, 5) is 11.8. The Morgan fingerprint density at radius 2 is 1.45 bits per heavy atom. The van der Waals surface area contributed by atoms with Gasteiger partial charge in [-0.15, -0.1) is 0 Å². The van der Waals surface area contributed by atoms with Crippen LogP contribution in [0, 0.1) is 0 Å². The van der Waals surface area contributed by atoms with Crippen molar-refractivity contribution >= 4 is 5.97 Å². The van der Waals surface area contributed by atoms with Crippen LogP contribution in [-0.2, 0) is 4.74 Å². The van der Waals surface area contributed by atoms with Gasteiger partial charge in [-0.25, -0.2) is 4.79 Å². The minimum atomic E-state index is -4.89. The molecule has 1 N–H and O–H groups in total. The molecule has 0 heterocycles. The zero-order valence-corrected chi connectivity index (χ0v) is 11.3. The van der Waals surface area contributed by atoms with Gasteiger partial charge >= 0.3 is 12.1 Å². The maximum atomic E-state index is 13.1. The fourth-order valence-electron chi connectivity index (χ4n) is 1.89. The van der Waals surface area contributed by atoms with Gasteiger partial charge in [0, 0.05) is 0 Å². The third kappa shape index (κ3) is 3.85. The maximum Gasteiger partial charge on any atom is 0.428 e. The van der Waals surface area contributed by atoms with E-state index in [9.17, 15) is 23.1 Å². The molecule has 0 aliphatic rings. The lowest BCUT2D eigenvalue weighted by molar-refractivity contribution is -0.231. The van der Waals surface area contributed by atoms with E-state index in [1.807, 2.05) is 0 Å². The van der Waals surface area contributed by atoms with Crippen LogP contribution in [0.1, 0.15) is 22.0 Å². The summed E-state index contributed by atoms with van der Waals surface area (Å²) in [7, 11) is 0. The van der Waals surface area contributed by atoms with Crippen molar-refractivity contribution in [3.05, 3.63) is 71.8 Å². The Morgan fingerprint density at radius 1 is 0.955 bits per heavy atom. The molecule has 2 rings (SSSR count). The first-order valence-corrected chi connectivity index (χ1v) is 6.45. The third-order valence-electron chi connectivity index (χ3n) is 2.99. The van der Waals surface area contributed by atoms with Gasteiger partial charge in [0.15, 0.2) is 0 Å². The number of carbonyl (C=O) groups is 1. The van der Waals surface area contributed by atoms with E-state index in [0.29, 0.717) is 0 Å². The lowest BCUT2D eigenvalue weighted by Crippen LogP contribution is -2.39. The predicted molar refractivity (Wildman–Crippen MR) is 73.1 cm³/mol. The topological polar surface area (TPSA) is 46.5 Å². The zero-order valence-electron chi connectivity index (χ0n) is 11.3. The van der Waals surface area contributed by atoms with Crippen molar-refractivity contribution < 1.29 is 27.8 Å². The van der Waals surface area contributed by atoms with Crippen molar-refractivity contribution in [1.82, 2.24) is 0 Å². The average molecular weight is 310 g/mol. The van der Waals surface area contributed by atoms with E-state index >= 15 is 0 Å². The third-order valence-corrected chi connectivity index (χ3v) is 2.99. The van der Waals surface area contributed by atoms with Crippen LogP contribution >= 0.6 is 0 Å². The molecule has 2 atom stereocenters. The lowest BCUT2D eigenvalue weighted by Gasteiger charge is -2.25. The Balaban J connectivity index is 2.23. The Kier molecular flexibility index (Phi) is 4.82. The van der Waals surface area contributed by atoms with Crippen LogP contribution in [0.25, 0.3) is 0 Å². The number of rotatable bonds is 4. The molecule has 0 spiro atoms. The summed E-state index contributed by atoms with van der Waals surface area (Å²) in [6, 6.07) is 14.6. The normalized spacial score (nSPS) is 14.2. The van der Waals surface area contributed by atoms with Crippen molar-refractivity contribution in [3.63, 3.8) is 0 Å². The standard InChI is InChI=1S/C16H13F3O3/c17-16(18,19)14(13(20)11-7-3-1-4-8-11)22-15(21)12-9-5-2-6-10-12/h1-10,13-14,20H/t13-,14-/m0/s1. The SMILES string of the molecule is O=C(O[C@@H]([C@@H](O)c1ccccc1)C(F)(F)F)c1ccccc1. The molecule has 3 nitrogen and oxygen atoms in total. The van der Waals surface area contributed by atoms with Gasteiger partial charge in [-0.3, -0.25) is 0 Å². The van der Waals surface area contributed by atoms with Crippen LogP contribution in [0.5, 0.6) is 0 Å². The number of ether oxygens (including phenoxy) is 1. The quantitative estimate of drug-likeness (QED) is 0.879. The Labute approximate surface area is 125 Å². The molecule has 0 aliphatic carbocycles. The van der Waals surface area contributed by atoms with Gasteiger partial charge in [-0.2, -0.15) is 13.2 Å². The number of alkyl halides is 3. The highest BCUT2D eigenvalue weighted by atomic mass is 19.4. The van der Waals surface area contributed by atoms with E-state index in [1.54, 1.807) is 12.1 Å². The van der Waals surface area contributed by atoms with Gasteiger partial charge in [0.05, 0.1) is 5.56 Å². The van der Waals surface area contributed by atoms with Crippen molar-refractivity contribution in [2.24, 2.45) is 0 Å². The highest BCUT2D eigenvalue weighted by molar-refractivity contribution is 5.89. The van der Waals surface area contributed by atoms with Crippen LogP contribution in [0.2, 0.25) is 0 Å². The Morgan fingerprint density at radius 3 is 1.95 bits per heavy atom. The number of aliphatic hydroxyl groups is 1. The number of carbonyl (C=O) groups excluding carboxylic acids is 1. The number of esters is 1. The smallest absolute Gasteiger partial charge is 0.428 e. The van der Waals surface area contributed by atoms with Gasteiger partial charge in [0.25, 0.3) is 0 Å². The number of halogens is 3. The molecule has 0 bridgehead atoms. The minimum Gasteiger partial charge on any atom is -0.446 e. The van der Waals surface area contributed by atoms with Gasteiger partial charge in [-0.1, -0.05) is 48.5 Å². The van der Waals surface area contributed by atoms with Crippen LogP contribution in [0.4, 0.5) is 13.2 Å². The van der Waals surface area contributed by atoms with E-state index in [-0.39, 0.29) is 11.1 Å². The molecule has 0 aliphatic heterocycles. The predicted octanol–water partition coefficient (Wildman–Crippen LogP) is 3.51. The van der Waals surface area contributed by atoms with Crippen LogP contribution in [0.15, 0.2) is 60.7 Å². The van der Waals surface area contributed by atoms with Crippen LogP contribution in [0.3, 0.4) is 0 Å².